The first-order chi connectivity index (χ1) is 10.8. The minimum atomic E-state index is 0.457. The number of tetrazole rings is 1. The largest absolute Gasteiger partial charge is 0.361 e. The molecule has 0 aliphatic carbocycles. The van der Waals surface area contributed by atoms with Crippen LogP contribution < -0.4 is 4.90 Å². The summed E-state index contributed by atoms with van der Waals surface area (Å²) in [5.41, 5.74) is 3.67. The molecule has 1 aromatic heterocycles. The molecule has 0 N–H and O–H groups in total. The van der Waals surface area contributed by atoms with E-state index >= 15 is 0 Å². The smallest absolute Gasteiger partial charge is 0.175 e. The van der Waals surface area contributed by atoms with Gasteiger partial charge in [-0.3, -0.25) is 0 Å². The van der Waals surface area contributed by atoms with E-state index in [0.717, 1.165) is 17.9 Å². The molecule has 1 atom stereocenters. The summed E-state index contributed by atoms with van der Waals surface area (Å²) in [6.45, 7) is 2.96. The van der Waals surface area contributed by atoms with Crippen molar-refractivity contribution in [1.29, 1.82) is 0 Å². The summed E-state index contributed by atoms with van der Waals surface area (Å²) in [7, 11) is 0. The number of hydrogen-bond donors (Lipinski definition) is 0. The standard InChI is InChI=1S/C17H17N5/c1-13-11-14-7-5-6-10-16(14)21(13)12-17-18-19-20-22(17)15-8-3-2-4-9-15/h2-10,13H,11-12H2,1H3/t13-/m0/s1. The monoisotopic (exact) mass is 291 g/mol. The molecule has 22 heavy (non-hydrogen) atoms. The van der Waals surface area contributed by atoms with Crippen LogP contribution in [0.4, 0.5) is 5.69 Å². The van der Waals surface area contributed by atoms with Gasteiger partial charge in [0.25, 0.3) is 0 Å². The molecular formula is C17H17N5. The van der Waals surface area contributed by atoms with Gasteiger partial charge in [0.2, 0.25) is 0 Å². The molecule has 3 aromatic rings. The number of para-hydroxylation sites is 2. The fourth-order valence-electron chi connectivity index (χ4n) is 3.10. The van der Waals surface area contributed by atoms with Crippen LogP contribution in [0, 0.1) is 0 Å². The summed E-state index contributed by atoms with van der Waals surface area (Å²) >= 11 is 0. The maximum absolute atomic E-state index is 4.22. The van der Waals surface area contributed by atoms with Crippen LogP contribution in [0.5, 0.6) is 0 Å². The van der Waals surface area contributed by atoms with Gasteiger partial charge in [0.15, 0.2) is 5.82 Å². The zero-order valence-corrected chi connectivity index (χ0v) is 12.4. The lowest BCUT2D eigenvalue weighted by molar-refractivity contribution is 0.641. The normalized spacial score (nSPS) is 16.8. The van der Waals surface area contributed by atoms with Crippen molar-refractivity contribution in [2.75, 3.05) is 4.90 Å². The van der Waals surface area contributed by atoms with Gasteiger partial charge in [-0.1, -0.05) is 36.4 Å². The van der Waals surface area contributed by atoms with Crippen LogP contribution in [0.15, 0.2) is 54.6 Å². The average Bonchev–Trinajstić information content (AvgIpc) is 3.14. The summed E-state index contributed by atoms with van der Waals surface area (Å²) in [6.07, 6.45) is 1.07. The molecule has 0 bridgehead atoms. The second kappa shape index (κ2) is 5.26. The molecule has 0 saturated carbocycles. The molecule has 110 valence electrons. The van der Waals surface area contributed by atoms with Gasteiger partial charge in [-0.2, -0.15) is 4.68 Å². The van der Waals surface area contributed by atoms with Gasteiger partial charge < -0.3 is 4.90 Å². The highest BCUT2D eigenvalue weighted by Gasteiger charge is 2.27. The Bertz CT molecular complexity index is 781. The van der Waals surface area contributed by atoms with Crippen molar-refractivity contribution in [3.63, 3.8) is 0 Å². The number of aromatic nitrogens is 4. The molecule has 0 radical (unpaired) electrons. The molecule has 1 aliphatic heterocycles. The molecule has 0 fully saturated rings. The van der Waals surface area contributed by atoms with Gasteiger partial charge in [0.1, 0.15) is 0 Å². The molecule has 0 unspecified atom stereocenters. The van der Waals surface area contributed by atoms with Crippen LogP contribution in [0.25, 0.3) is 5.69 Å². The third-order valence-corrected chi connectivity index (χ3v) is 4.20. The molecule has 4 rings (SSSR count). The maximum atomic E-state index is 4.22. The number of rotatable bonds is 3. The van der Waals surface area contributed by atoms with Gasteiger partial charge in [-0.25, -0.2) is 0 Å². The Morgan fingerprint density at radius 2 is 1.82 bits per heavy atom. The summed E-state index contributed by atoms with van der Waals surface area (Å²) in [5, 5.41) is 12.2. The van der Waals surface area contributed by atoms with E-state index < -0.39 is 0 Å². The van der Waals surface area contributed by atoms with E-state index in [2.05, 4.69) is 51.6 Å². The number of nitrogens with zero attached hydrogens (tertiary/aromatic N) is 5. The van der Waals surface area contributed by atoms with Crippen LogP contribution in [-0.4, -0.2) is 26.2 Å². The van der Waals surface area contributed by atoms with Crippen LogP contribution in [0.1, 0.15) is 18.3 Å². The first kappa shape index (κ1) is 13.0. The third kappa shape index (κ3) is 2.15. The highest BCUT2D eigenvalue weighted by molar-refractivity contribution is 5.59. The van der Waals surface area contributed by atoms with Crippen molar-refractivity contribution in [2.45, 2.75) is 25.9 Å². The van der Waals surface area contributed by atoms with Crippen molar-refractivity contribution >= 4 is 5.69 Å². The van der Waals surface area contributed by atoms with Crippen LogP contribution in [0.2, 0.25) is 0 Å². The minimum Gasteiger partial charge on any atom is -0.361 e. The van der Waals surface area contributed by atoms with Crippen molar-refractivity contribution in [3.8, 4) is 5.69 Å². The Labute approximate surface area is 129 Å². The molecule has 0 spiro atoms. The summed E-state index contributed by atoms with van der Waals surface area (Å²) in [4.78, 5) is 2.38. The summed E-state index contributed by atoms with van der Waals surface area (Å²) < 4.78 is 1.81. The zero-order valence-electron chi connectivity index (χ0n) is 12.4. The second-order valence-corrected chi connectivity index (χ2v) is 5.65. The van der Waals surface area contributed by atoms with E-state index in [-0.39, 0.29) is 0 Å². The van der Waals surface area contributed by atoms with Gasteiger partial charge in [0.05, 0.1) is 12.2 Å². The third-order valence-electron chi connectivity index (χ3n) is 4.20. The quantitative estimate of drug-likeness (QED) is 0.744. The second-order valence-electron chi connectivity index (χ2n) is 5.65. The number of hydrogen-bond acceptors (Lipinski definition) is 4. The average molecular weight is 291 g/mol. The lowest BCUT2D eigenvalue weighted by Gasteiger charge is -2.24. The van der Waals surface area contributed by atoms with Gasteiger partial charge >= 0.3 is 0 Å². The Kier molecular flexibility index (Phi) is 3.11. The topological polar surface area (TPSA) is 46.8 Å². The van der Waals surface area contributed by atoms with Crippen LogP contribution in [0.3, 0.4) is 0 Å². The van der Waals surface area contributed by atoms with Crippen LogP contribution in [-0.2, 0) is 13.0 Å². The SMILES string of the molecule is C[C@H]1Cc2ccccc2N1Cc1nnnn1-c1ccccc1. The molecular weight excluding hydrogens is 274 g/mol. The van der Waals surface area contributed by atoms with Crippen molar-refractivity contribution in [2.24, 2.45) is 0 Å². The molecule has 5 nitrogen and oxygen atoms in total. The highest BCUT2D eigenvalue weighted by Crippen LogP contribution is 2.32. The van der Waals surface area contributed by atoms with E-state index in [0.29, 0.717) is 12.6 Å². The molecule has 0 amide bonds. The van der Waals surface area contributed by atoms with Gasteiger partial charge in [-0.15, -0.1) is 5.10 Å². The Morgan fingerprint density at radius 1 is 1.05 bits per heavy atom. The summed E-state index contributed by atoms with van der Waals surface area (Å²) in [6, 6.07) is 19.0. The van der Waals surface area contributed by atoms with Crippen LogP contribution >= 0.6 is 0 Å². The molecule has 5 heteroatoms. The zero-order chi connectivity index (χ0) is 14.9. The molecule has 1 aliphatic rings. The maximum Gasteiger partial charge on any atom is 0.175 e. The van der Waals surface area contributed by atoms with Gasteiger partial charge in [0, 0.05) is 11.7 Å². The Balaban J connectivity index is 1.67. The van der Waals surface area contributed by atoms with E-state index in [1.165, 1.54) is 11.3 Å². The lowest BCUT2D eigenvalue weighted by Crippen LogP contribution is -2.30. The first-order valence-corrected chi connectivity index (χ1v) is 7.50. The van der Waals surface area contributed by atoms with Crippen molar-refractivity contribution in [3.05, 3.63) is 66.0 Å². The number of anilines is 1. The predicted octanol–water partition coefficient (Wildman–Crippen LogP) is 2.61. The minimum absolute atomic E-state index is 0.457. The molecule has 2 heterocycles. The Morgan fingerprint density at radius 3 is 2.68 bits per heavy atom. The first-order valence-electron chi connectivity index (χ1n) is 7.50. The highest BCUT2D eigenvalue weighted by atomic mass is 15.5. The molecule has 0 saturated heterocycles. The van der Waals surface area contributed by atoms with E-state index in [1.807, 2.05) is 35.0 Å². The van der Waals surface area contributed by atoms with Crippen molar-refractivity contribution < 1.29 is 0 Å². The fourth-order valence-corrected chi connectivity index (χ4v) is 3.10. The predicted molar refractivity (Wildman–Crippen MR) is 84.9 cm³/mol. The Hall–Kier alpha value is -2.69. The van der Waals surface area contributed by atoms with Gasteiger partial charge in [-0.05, 0) is 47.5 Å². The lowest BCUT2D eigenvalue weighted by atomic mass is 10.1. The van der Waals surface area contributed by atoms with Crippen molar-refractivity contribution in [1.82, 2.24) is 20.2 Å². The van der Waals surface area contributed by atoms with E-state index in [1.54, 1.807) is 0 Å². The fraction of sp³-hybridized carbons (Fsp3) is 0.235. The molecule has 2 aromatic carbocycles. The van der Waals surface area contributed by atoms with E-state index in [4.69, 9.17) is 0 Å². The number of fused-ring (bicyclic) bond motifs is 1. The number of benzene rings is 2. The van der Waals surface area contributed by atoms with E-state index in [9.17, 15) is 0 Å². The summed E-state index contributed by atoms with van der Waals surface area (Å²) in [5.74, 6) is 0.856.